The number of ether oxygens (including phenoxy) is 2. The van der Waals surface area contributed by atoms with Crippen LogP contribution < -0.4 is 20.7 Å². The van der Waals surface area contributed by atoms with Gasteiger partial charge >= 0.3 is 6.09 Å². The Labute approximate surface area is 799 Å². The molecule has 0 bridgehead atoms. The summed E-state index contributed by atoms with van der Waals surface area (Å²) in [4.78, 5) is 93.6. The molecule has 706 valence electrons. The van der Waals surface area contributed by atoms with Crippen LogP contribution in [0.2, 0.25) is 5.15 Å². The van der Waals surface area contributed by atoms with Crippen LogP contribution in [0.1, 0.15) is 151 Å². The summed E-state index contributed by atoms with van der Waals surface area (Å²) in [5.41, 5.74) is 17.0. The molecule has 5 aliphatic rings. The predicted molar refractivity (Wildman–Crippen MR) is 520 cm³/mol. The molecule has 7 aromatic heterocycles. The Hall–Kier alpha value is -14.6. The molecule has 5 aliphatic heterocycles. The highest BCUT2D eigenvalue weighted by molar-refractivity contribution is 6.29. The van der Waals surface area contributed by atoms with Gasteiger partial charge in [-0.2, -0.15) is 15.3 Å². The topological polar surface area (TPSA) is 303 Å². The number of hydrogen-bond acceptors (Lipinski definition) is 18. The maximum atomic E-state index is 14.5. The molecule has 15 aromatic rings. The largest absolute Gasteiger partial charge is 0.475 e. The van der Waals surface area contributed by atoms with Gasteiger partial charge in [0, 0.05) is 204 Å². The van der Waals surface area contributed by atoms with E-state index in [1.54, 1.807) is 91.8 Å². The van der Waals surface area contributed by atoms with E-state index in [1.165, 1.54) is 29.8 Å². The average Bonchev–Trinajstić information content (AvgIpc) is 1.58. The van der Waals surface area contributed by atoms with Crippen molar-refractivity contribution >= 4 is 79.6 Å². The van der Waals surface area contributed by atoms with Gasteiger partial charge in [-0.15, -0.1) is 0 Å². The standard InChI is InChI=1S/C28H25F2N3O3.C28H30FN5O2.C26H27N5O.C25H22ClF2N5O/c29-28(30)14-20(16-33(18-28)27(35)36-17-19-4-2-1-3-5-19)12-25(34)22-6-7-23-15-32-26(24(23)13-22)21-8-10-31-11-9-21;1-17(2)36-26-10-8-20(14-30-26)27-22-13-19(7-9-25(22)32-33-27)28(35)31-21-11-12-34(15-21)16-23-18(3)5-4-6-24(23)29;32-26(28-22-8-4-5-15-31(18-22)17-19-6-2-1-3-7-19)21-9-10-24-23(16-21)25(30-29-24)20-11-13-27-14-12-20;26-23-12-15(8-9-29-23)24-18-11-16(6-7-22(18)31-32-24)25(34)30-17-3-2-10-33(13-17)14-19-20(27)4-1-5-21(19)28/h1-11,13,20H,12,14-18H2;4-10,13-14,17,21H,11-12,15-16H2,1-3H3,(H,31,35)(H,32,33);1-3,6-7,9-14,16,22H,4-5,8,15,17-18H2,(H,28,32)(H,29,30);1,4-9,11-12,17H,2-3,10,13-14H2,(H,30,34)(H,31,32)/t;21-;;17-/m.1.1/s1. The molecule has 6 N–H and O–H groups in total. The molecule has 138 heavy (non-hydrogen) atoms. The second-order valence-electron chi connectivity index (χ2n) is 35.8. The molecule has 4 atom stereocenters. The van der Waals surface area contributed by atoms with E-state index in [9.17, 15) is 45.9 Å². The summed E-state index contributed by atoms with van der Waals surface area (Å²) in [5.74, 6) is -5.08. The molecule has 4 saturated heterocycles. The maximum absolute atomic E-state index is 14.5. The van der Waals surface area contributed by atoms with Gasteiger partial charge in [0.2, 0.25) is 5.88 Å². The fourth-order valence-corrected chi connectivity index (χ4v) is 18.5. The number of ketones is 1. The van der Waals surface area contributed by atoms with E-state index in [4.69, 9.17) is 21.1 Å². The predicted octanol–water partition coefficient (Wildman–Crippen LogP) is 19.5. The summed E-state index contributed by atoms with van der Waals surface area (Å²) in [7, 11) is 0. The Morgan fingerprint density at radius 2 is 1.02 bits per heavy atom. The van der Waals surface area contributed by atoms with E-state index >= 15 is 0 Å². The number of aryl methyl sites for hydroxylation is 1. The van der Waals surface area contributed by atoms with Crippen LogP contribution in [-0.4, -0.2) is 188 Å². The zero-order valence-electron chi connectivity index (χ0n) is 76.5. The smallest absolute Gasteiger partial charge is 0.410 e. The lowest BCUT2D eigenvalue weighted by molar-refractivity contribution is -0.0801. The van der Waals surface area contributed by atoms with Crippen LogP contribution >= 0.6 is 11.6 Å². The van der Waals surface area contributed by atoms with Crippen LogP contribution in [0.5, 0.6) is 5.88 Å². The van der Waals surface area contributed by atoms with Gasteiger partial charge in [-0.05, 0) is 215 Å². The Morgan fingerprint density at radius 3 is 1.61 bits per heavy atom. The number of likely N-dealkylation sites (tertiary alicyclic amines) is 4. The van der Waals surface area contributed by atoms with Gasteiger partial charge in [0.05, 0.1) is 41.5 Å². The maximum Gasteiger partial charge on any atom is 0.410 e. The number of benzene rings is 8. The lowest BCUT2D eigenvalue weighted by Gasteiger charge is -2.36. The van der Waals surface area contributed by atoms with Crippen LogP contribution in [0, 0.1) is 30.3 Å². The van der Waals surface area contributed by atoms with Gasteiger partial charge in [0.1, 0.15) is 46.3 Å². The van der Waals surface area contributed by atoms with Crippen molar-refractivity contribution in [2.24, 2.45) is 10.9 Å². The fourth-order valence-electron chi connectivity index (χ4n) is 18.3. The molecular formula is C107H104ClF5N18O7. The zero-order chi connectivity index (χ0) is 95.8. The molecule has 8 aromatic carbocycles. The third-order valence-electron chi connectivity index (χ3n) is 25.2. The highest BCUT2D eigenvalue weighted by atomic mass is 35.5. The minimum absolute atomic E-state index is 0.00182. The lowest BCUT2D eigenvalue weighted by atomic mass is 9.88. The van der Waals surface area contributed by atoms with E-state index in [0.717, 1.165) is 176 Å². The number of pyridine rings is 4. The number of carbonyl (C=O) groups is 5. The molecule has 2 unspecified atom stereocenters. The number of aromatic nitrogens is 10. The average molecular weight is 1880 g/mol. The zero-order valence-corrected chi connectivity index (χ0v) is 77.2. The SMILES string of the molecule is Cc1cccc(F)c1CN1CC[C@@H](NC(=O)c2ccc3[nH]nc(-c4ccc(OC(C)C)nc4)c3c2)C1.O=C(CC1CN(C(=O)OCc2ccccc2)CC(F)(F)C1)c1ccc2c(c1)C(c1ccncc1)=NC2.O=C(NC1CCCCN(Cc2ccccc2)C1)c1ccc2[nH]nc(-c3ccncc3)c2c1.O=C(N[C@@H]1CCCN(Cc2c(F)cccc2F)C1)c1ccc2[nH]nc(-c3ccnc(Cl)c3)c2c1. The van der Waals surface area contributed by atoms with Crippen molar-refractivity contribution in [3.8, 4) is 39.7 Å². The first-order valence-corrected chi connectivity index (χ1v) is 46.7. The first-order chi connectivity index (χ1) is 67.0. The van der Waals surface area contributed by atoms with E-state index in [0.29, 0.717) is 65.2 Å². The van der Waals surface area contributed by atoms with Crippen molar-refractivity contribution in [1.29, 1.82) is 0 Å². The number of alkyl halides is 2. The summed E-state index contributed by atoms with van der Waals surface area (Å²) in [6.45, 7) is 12.0. The normalized spacial score (nSPS) is 17.1. The van der Waals surface area contributed by atoms with Crippen molar-refractivity contribution < 1.29 is 55.4 Å². The number of carbonyl (C=O) groups excluding carboxylic acids is 5. The number of amides is 4. The Morgan fingerprint density at radius 1 is 0.500 bits per heavy atom. The number of Topliss-reactive ketones (excluding diaryl/α,β-unsaturated/α-hetero) is 1. The molecule has 4 fully saturated rings. The molecule has 20 rings (SSSR count). The first kappa shape index (κ1) is 95.1. The number of H-pyrrole nitrogens is 3. The number of halogens is 6. The van der Waals surface area contributed by atoms with Crippen LogP contribution in [0.3, 0.4) is 0 Å². The van der Waals surface area contributed by atoms with Crippen LogP contribution in [0.25, 0.3) is 66.5 Å². The summed E-state index contributed by atoms with van der Waals surface area (Å²) in [6.07, 6.45) is 14.7. The molecule has 12 heterocycles. The van der Waals surface area contributed by atoms with Crippen molar-refractivity contribution in [3.63, 3.8) is 0 Å². The Bertz CT molecular complexity index is 6820. The highest BCUT2D eigenvalue weighted by Gasteiger charge is 2.44. The van der Waals surface area contributed by atoms with Gasteiger partial charge < -0.3 is 30.3 Å². The Kier molecular flexibility index (Phi) is 30.4. The van der Waals surface area contributed by atoms with Crippen LogP contribution in [-0.2, 0) is 37.5 Å². The quantitative estimate of drug-likeness (QED) is 0.0197. The fraction of sp³-hybridized carbons (Fsp3) is 0.280. The van der Waals surface area contributed by atoms with Gasteiger partial charge in [-0.3, -0.25) is 64.1 Å². The number of nitrogens with zero attached hydrogens (tertiary/aromatic N) is 12. The third kappa shape index (κ3) is 24.1. The van der Waals surface area contributed by atoms with Crippen molar-refractivity contribution in [2.45, 2.75) is 135 Å². The van der Waals surface area contributed by atoms with Crippen molar-refractivity contribution in [3.05, 3.63) is 345 Å². The van der Waals surface area contributed by atoms with E-state index in [1.807, 2.05) is 141 Å². The molecule has 4 amide bonds. The van der Waals surface area contributed by atoms with Crippen molar-refractivity contribution in [1.82, 2.24) is 86.1 Å². The van der Waals surface area contributed by atoms with Crippen molar-refractivity contribution in [2.75, 3.05) is 52.4 Å². The van der Waals surface area contributed by atoms with E-state index < -0.39 is 42.5 Å². The molecule has 25 nitrogen and oxygen atoms in total. The molecule has 0 spiro atoms. The molecular weight excluding hydrogens is 1780 g/mol. The molecule has 0 radical (unpaired) electrons. The number of rotatable bonds is 23. The summed E-state index contributed by atoms with van der Waals surface area (Å²) in [5, 5.41) is 34.8. The first-order valence-electron chi connectivity index (χ1n) is 46.3. The summed E-state index contributed by atoms with van der Waals surface area (Å²) in [6, 6.07) is 65.5. The van der Waals surface area contributed by atoms with E-state index in [2.05, 4.69) is 106 Å². The molecule has 0 saturated carbocycles. The number of aromatic amines is 3. The molecule has 31 heteroatoms. The number of aliphatic imine (C=N–C) groups is 1. The monoisotopic (exact) mass is 1880 g/mol. The summed E-state index contributed by atoms with van der Waals surface area (Å²) < 4.78 is 82.3. The van der Waals surface area contributed by atoms with Crippen LogP contribution in [0.15, 0.2) is 261 Å². The van der Waals surface area contributed by atoms with Gasteiger partial charge in [-0.25, -0.2) is 36.7 Å². The highest BCUT2D eigenvalue weighted by Crippen LogP contribution is 2.37. The minimum atomic E-state index is -3.09. The lowest BCUT2D eigenvalue weighted by Crippen LogP contribution is -2.50. The van der Waals surface area contributed by atoms with Gasteiger partial charge in [0.15, 0.2) is 5.78 Å². The number of piperidine rings is 2. The summed E-state index contributed by atoms with van der Waals surface area (Å²) >= 11 is 6.02. The van der Waals surface area contributed by atoms with E-state index in [-0.39, 0.29) is 85.2 Å². The van der Waals surface area contributed by atoms with Gasteiger partial charge in [0.25, 0.3) is 23.6 Å². The second-order valence-corrected chi connectivity index (χ2v) is 36.2. The van der Waals surface area contributed by atoms with Crippen LogP contribution in [0.4, 0.5) is 26.7 Å². The number of hydrogen-bond donors (Lipinski definition) is 6. The van der Waals surface area contributed by atoms with Gasteiger partial charge in [-0.1, -0.05) is 109 Å². The number of nitrogens with one attached hydrogen (secondary N) is 6. The Balaban J connectivity index is 0.000000127. The third-order valence-corrected chi connectivity index (χ3v) is 25.4. The minimum Gasteiger partial charge on any atom is -0.475 e. The second kappa shape index (κ2) is 44.0. The number of fused-ring (bicyclic) bond motifs is 4. The molecule has 0 aliphatic carbocycles.